The van der Waals surface area contributed by atoms with E-state index in [2.05, 4.69) is 25.7 Å². The molecular formula is C16H32N2. The summed E-state index contributed by atoms with van der Waals surface area (Å²) in [5.74, 6) is 0.825. The number of hydrogen-bond acceptors (Lipinski definition) is 2. The summed E-state index contributed by atoms with van der Waals surface area (Å²) in [7, 11) is 0. The van der Waals surface area contributed by atoms with Gasteiger partial charge in [-0.25, -0.2) is 0 Å². The first kappa shape index (κ1) is 14.3. The van der Waals surface area contributed by atoms with Crippen molar-refractivity contribution in [2.45, 2.75) is 89.8 Å². The zero-order valence-corrected chi connectivity index (χ0v) is 12.6. The third-order valence-electron chi connectivity index (χ3n) is 5.79. The van der Waals surface area contributed by atoms with E-state index in [1.54, 1.807) is 0 Å². The second-order valence-corrected chi connectivity index (χ2v) is 6.55. The molecule has 0 aromatic rings. The molecule has 2 aliphatic rings. The van der Waals surface area contributed by atoms with Crippen molar-refractivity contribution in [2.75, 3.05) is 6.54 Å². The SMILES string of the molecule is CCC1CCC(C)N1C1(CN)CCCCC1CC. The van der Waals surface area contributed by atoms with Crippen molar-refractivity contribution in [3.05, 3.63) is 0 Å². The summed E-state index contributed by atoms with van der Waals surface area (Å²) >= 11 is 0. The maximum Gasteiger partial charge on any atom is 0.0365 e. The Morgan fingerprint density at radius 1 is 1.11 bits per heavy atom. The van der Waals surface area contributed by atoms with Crippen LogP contribution in [0.4, 0.5) is 0 Å². The van der Waals surface area contributed by atoms with Crippen LogP contribution in [0.5, 0.6) is 0 Å². The highest BCUT2D eigenvalue weighted by Gasteiger charge is 2.49. The average Bonchev–Trinajstić information content (AvgIpc) is 2.80. The van der Waals surface area contributed by atoms with Gasteiger partial charge in [-0.3, -0.25) is 4.90 Å². The average molecular weight is 252 g/mol. The molecule has 0 radical (unpaired) electrons. The van der Waals surface area contributed by atoms with Gasteiger partial charge in [-0.15, -0.1) is 0 Å². The predicted molar refractivity (Wildman–Crippen MR) is 78.6 cm³/mol. The molecule has 0 aromatic carbocycles. The van der Waals surface area contributed by atoms with Gasteiger partial charge < -0.3 is 5.73 Å². The van der Waals surface area contributed by atoms with Crippen LogP contribution in [0.1, 0.15) is 72.1 Å². The van der Waals surface area contributed by atoms with Crippen molar-refractivity contribution in [3.63, 3.8) is 0 Å². The molecule has 1 heterocycles. The maximum absolute atomic E-state index is 6.32. The van der Waals surface area contributed by atoms with Gasteiger partial charge in [-0.1, -0.05) is 33.1 Å². The van der Waals surface area contributed by atoms with Crippen molar-refractivity contribution >= 4 is 0 Å². The van der Waals surface area contributed by atoms with E-state index in [9.17, 15) is 0 Å². The molecule has 1 aliphatic carbocycles. The maximum atomic E-state index is 6.32. The van der Waals surface area contributed by atoms with Gasteiger partial charge in [0.1, 0.15) is 0 Å². The zero-order chi connectivity index (χ0) is 13.2. The lowest BCUT2D eigenvalue weighted by Gasteiger charge is -2.53. The minimum absolute atomic E-state index is 0.323. The Labute approximate surface area is 113 Å². The molecule has 2 rings (SSSR count). The van der Waals surface area contributed by atoms with Gasteiger partial charge in [0.25, 0.3) is 0 Å². The Balaban J connectivity index is 2.28. The summed E-state index contributed by atoms with van der Waals surface area (Å²) in [6.45, 7) is 8.01. The lowest BCUT2D eigenvalue weighted by molar-refractivity contribution is -0.0280. The zero-order valence-electron chi connectivity index (χ0n) is 12.6. The normalized spacial score (nSPS) is 42.3. The van der Waals surface area contributed by atoms with Crippen molar-refractivity contribution in [2.24, 2.45) is 11.7 Å². The standard InChI is InChI=1S/C16H32N2/c1-4-14-8-6-7-11-16(14,12-17)18-13(3)9-10-15(18)5-2/h13-15H,4-12,17H2,1-3H3. The molecule has 2 N–H and O–H groups in total. The van der Waals surface area contributed by atoms with Gasteiger partial charge in [-0.05, 0) is 44.9 Å². The molecule has 4 atom stereocenters. The van der Waals surface area contributed by atoms with Crippen LogP contribution in [0.3, 0.4) is 0 Å². The molecule has 1 saturated carbocycles. The third-order valence-corrected chi connectivity index (χ3v) is 5.79. The first-order valence-electron chi connectivity index (χ1n) is 8.18. The van der Waals surface area contributed by atoms with Crippen LogP contribution in [0, 0.1) is 5.92 Å². The Morgan fingerprint density at radius 2 is 1.89 bits per heavy atom. The van der Waals surface area contributed by atoms with Gasteiger partial charge in [-0.2, -0.15) is 0 Å². The first-order chi connectivity index (χ1) is 8.69. The number of rotatable bonds is 4. The van der Waals surface area contributed by atoms with Crippen molar-refractivity contribution < 1.29 is 0 Å². The fourth-order valence-corrected chi connectivity index (χ4v) is 4.87. The topological polar surface area (TPSA) is 29.3 Å². The van der Waals surface area contributed by atoms with E-state index >= 15 is 0 Å². The first-order valence-corrected chi connectivity index (χ1v) is 8.18. The number of nitrogens with zero attached hydrogens (tertiary/aromatic N) is 1. The molecule has 106 valence electrons. The highest BCUT2D eigenvalue weighted by Crippen LogP contribution is 2.45. The van der Waals surface area contributed by atoms with Crippen molar-refractivity contribution in [1.82, 2.24) is 4.90 Å². The van der Waals surface area contributed by atoms with Crippen molar-refractivity contribution in [3.8, 4) is 0 Å². The molecule has 0 aromatic heterocycles. The summed E-state index contributed by atoms with van der Waals surface area (Å²) < 4.78 is 0. The van der Waals surface area contributed by atoms with E-state index in [1.807, 2.05) is 0 Å². The van der Waals surface area contributed by atoms with E-state index in [-0.39, 0.29) is 0 Å². The van der Waals surface area contributed by atoms with Gasteiger partial charge >= 0.3 is 0 Å². The van der Waals surface area contributed by atoms with E-state index in [0.29, 0.717) is 5.54 Å². The Hall–Kier alpha value is -0.0800. The summed E-state index contributed by atoms with van der Waals surface area (Å²) in [6, 6.07) is 1.53. The van der Waals surface area contributed by atoms with Crippen LogP contribution in [0.15, 0.2) is 0 Å². The second kappa shape index (κ2) is 5.92. The van der Waals surface area contributed by atoms with Gasteiger partial charge in [0, 0.05) is 24.2 Å². The van der Waals surface area contributed by atoms with Crippen LogP contribution < -0.4 is 5.73 Å². The molecule has 2 fully saturated rings. The Kier molecular flexibility index (Phi) is 4.71. The van der Waals surface area contributed by atoms with Crippen LogP contribution in [0.2, 0.25) is 0 Å². The van der Waals surface area contributed by atoms with E-state index in [4.69, 9.17) is 5.73 Å². The molecule has 2 heteroatoms. The summed E-state index contributed by atoms with van der Waals surface area (Å²) in [6.07, 6.45) is 10.9. The third kappa shape index (κ3) is 2.22. The minimum Gasteiger partial charge on any atom is -0.329 e. The minimum atomic E-state index is 0.323. The molecule has 2 nitrogen and oxygen atoms in total. The van der Waals surface area contributed by atoms with E-state index in [1.165, 1.54) is 51.4 Å². The molecule has 4 unspecified atom stereocenters. The van der Waals surface area contributed by atoms with Gasteiger partial charge in [0.15, 0.2) is 0 Å². The smallest absolute Gasteiger partial charge is 0.0365 e. The van der Waals surface area contributed by atoms with Crippen LogP contribution in [-0.4, -0.2) is 29.1 Å². The van der Waals surface area contributed by atoms with Crippen LogP contribution in [-0.2, 0) is 0 Å². The fourth-order valence-electron chi connectivity index (χ4n) is 4.87. The molecule has 18 heavy (non-hydrogen) atoms. The van der Waals surface area contributed by atoms with Crippen LogP contribution in [0.25, 0.3) is 0 Å². The summed E-state index contributed by atoms with van der Waals surface area (Å²) in [5.41, 5.74) is 6.64. The van der Waals surface area contributed by atoms with E-state index in [0.717, 1.165) is 24.5 Å². The van der Waals surface area contributed by atoms with Gasteiger partial charge in [0.2, 0.25) is 0 Å². The van der Waals surface area contributed by atoms with Crippen molar-refractivity contribution in [1.29, 1.82) is 0 Å². The molecule has 1 aliphatic heterocycles. The number of likely N-dealkylation sites (tertiary alicyclic amines) is 1. The number of hydrogen-bond donors (Lipinski definition) is 1. The molecular weight excluding hydrogens is 220 g/mol. The fraction of sp³-hybridized carbons (Fsp3) is 1.00. The second-order valence-electron chi connectivity index (χ2n) is 6.55. The van der Waals surface area contributed by atoms with E-state index < -0.39 is 0 Å². The highest BCUT2D eigenvalue weighted by atomic mass is 15.3. The summed E-state index contributed by atoms with van der Waals surface area (Å²) in [5, 5.41) is 0. The monoisotopic (exact) mass is 252 g/mol. The quantitative estimate of drug-likeness (QED) is 0.829. The lowest BCUT2D eigenvalue weighted by atomic mass is 9.69. The Morgan fingerprint density at radius 3 is 2.50 bits per heavy atom. The number of nitrogens with two attached hydrogens (primary N) is 1. The predicted octanol–water partition coefficient (Wildman–Crippen LogP) is 3.55. The largest absolute Gasteiger partial charge is 0.329 e. The Bertz CT molecular complexity index is 266. The van der Waals surface area contributed by atoms with Gasteiger partial charge in [0.05, 0.1) is 0 Å². The summed E-state index contributed by atoms with van der Waals surface area (Å²) in [4.78, 5) is 2.86. The lowest BCUT2D eigenvalue weighted by Crippen LogP contribution is -2.63. The molecule has 0 bridgehead atoms. The van der Waals surface area contributed by atoms with Crippen LogP contribution >= 0.6 is 0 Å². The molecule has 0 amide bonds. The highest BCUT2D eigenvalue weighted by molar-refractivity contribution is 5.05. The molecule has 0 spiro atoms. The molecule has 1 saturated heterocycles.